The first-order valence-corrected chi connectivity index (χ1v) is 19.5. The van der Waals surface area contributed by atoms with Crippen LogP contribution in [-0.4, -0.2) is 103 Å². The second-order valence-electron chi connectivity index (χ2n) is 15.5. The van der Waals surface area contributed by atoms with Crippen LogP contribution in [0, 0.1) is 11.3 Å². The Labute approximate surface area is 314 Å². The van der Waals surface area contributed by atoms with Crippen LogP contribution < -0.4 is 27.0 Å². The van der Waals surface area contributed by atoms with Crippen LogP contribution in [-0.2, 0) is 30.4 Å². The number of carbonyl (C=O) groups is 5. The number of carbonyl (C=O) groups excluding carboxylic acids is 5. The first-order valence-electron chi connectivity index (χ1n) is 19.5. The molecule has 2 saturated heterocycles. The van der Waals surface area contributed by atoms with Crippen molar-refractivity contribution >= 4 is 29.5 Å². The van der Waals surface area contributed by atoms with E-state index >= 15 is 0 Å². The predicted molar refractivity (Wildman–Crippen MR) is 204 cm³/mol. The zero-order chi connectivity index (χ0) is 37.8. The van der Waals surface area contributed by atoms with Crippen molar-refractivity contribution < 1.29 is 24.0 Å². The van der Waals surface area contributed by atoms with Crippen LogP contribution in [0.2, 0.25) is 0 Å². The van der Waals surface area contributed by atoms with Gasteiger partial charge >= 0.3 is 0 Å². The highest BCUT2D eigenvalue weighted by Crippen LogP contribution is 2.40. The summed E-state index contributed by atoms with van der Waals surface area (Å²) in [6, 6.07) is 17.1. The van der Waals surface area contributed by atoms with E-state index in [-0.39, 0.29) is 47.9 Å². The highest BCUT2D eigenvalue weighted by molar-refractivity contribution is 5.94. The average molecular weight is 730 g/mol. The van der Waals surface area contributed by atoms with Gasteiger partial charge < -0.3 is 36.8 Å². The maximum absolute atomic E-state index is 14.0. The third-order valence-electron chi connectivity index (χ3n) is 11.1. The van der Waals surface area contributed by atoms with Gasteiger partial charge in [-0.25, -0.2) is 0 Å². The van der Waals surface area contributed by atoms with Crippen LogP contribution in [0.15, 0.2) is 60.7 Å². The van der Waals surface area contributed by atoms with Crippen LogP contribution in [0.1, 0.15) is 82.3 Å². The van der Waals surface area contributed by atoms with E-state index in [9.17, 15) is 24.0 Å². The summed E-state index contributed by atoms with van der Waals surface area (Å²) in [5.74, 6) is -0.657. The Bertz CT molecular complexity index is 1520. The Kier molecular flexibility index (Phi) is 14.4. The van der Waals surface area contributed by atoms with E-state index in [0.717, 1.165) is 50.8 Å². The van der Waals surface area contributed by atoms with E-state index in [1.807, 2.05) is 58.3 Å². The Hall–Kier alpha value is -4.29. The van der Waals surface area contributed by atoms with Gasteiger partial charge in [-0.15, -0.1) is 0 Å². The number of hydrogen-bond donors (Lipinski definition) is 5. The normalized spacial score (nSPS) is 18.6. The number of likely N-dealkylation sites (tertiary alicyclic amines) is 2. The highest BCUT2D eigenvalue weighted by Gasteiger charge is 2.47. The summed E-state index contributed by atoms with van der Waals surface area (Å²) >= 11 is 0. The van der Waals surface area contributed by atoms with Gasteiger partial charge in [-0.2, -0.15) is 0 Å². The average Bonchev–Trinajstić information content (AvgIpc) is 3.97. The molecule has 0 bridgehead atoms. The van der Waals surface area contributed by atoms with Gasteiger partial charge in [-0.1, -0.05) is 80.4 Å². The molecule has 4 atom stereocenters. The number of amides is 5. The third kappa shape index (κ3) is 11.9. The maximum Gasteiger partial charge on any atom is 0.245 e. The van der Waals surface area contributed by atoms with Gasteiger partial charge in [0.2, 0.25) is 29.5 Å². The van der Waals surface area contributed by atoms with E-state index < -0.39 is 24.0 Å². The van der Waals surface area contributed by atoms with Gasteiger partial charge in [-0.3, -0.25) is 24.0 Å². The Balaban J connectivity index is 1.21. The largest absolute Gasteiger partial charge is 0.343 e. The molecule has 5 rings (SSSR count). The van der Waals surface area contributed by atoms with E-state index in [1.165, 1.54) is 5.56 Å². The van der Waals surface area contributed by atoms with Crippen molar-refractivity contribution in [1.29, 1.82) is 0 Å². The highest BCUT2D eigenvalue weighted by atomic mass is 16.2. The van der Waals surface area contributed by atoms with E-state index in [2.05, 4.69) is 40.3 Å². The van der Waals surface area contributed by atoms with E-state index in [4.69, 9.17) is 5.73 Å². The zero-order valence-corrected chi connectivity index (χ0v) is 31.5. The lowest BCUT2D eigenvalue weighted by Crippen LogP contribution is -2.63. The number of benzene rings is 2. The third-order valence-corrected chi connectivity index (χ3v) is 11.1. The molecule has 5 amide bonds. The number of nitrogens with one attached hydrogen (secondary N) is 4. The van der Waals surface area contributed by atoms with Crippen LogP contribution in [0.4, 0.5) is 0 Å². The second kappa shape index (κ2) is 19.2. The molecule has 2 aromatic rings. The van der Waals surface area contributed by atoms with Crippen molar-refractivity contribution in [1.82, 2.24) is 31.1 Å². The molecule has 0 radical (unpaired) electrons. The van der Waals surface area contributed by atoms with Crippen LogP contribution in [0.3, 0.4) is 0 Å². The van der Waals surface area contributed by atoms with E-state index in [1.54, 1.807) is 6.92 Å². The van der Waals surface area contributed by atoms with Gasteiger partial charge in [0, 0.05) is 51.5 Å². The van der Waals surface area contributed by atoms with Gasteiger partial charge in [0.05, 0.1) is 6.54 Å². The fourth-order valence-corrected chi connectivity index (χ4v) is 7.54. The number of nitrogens with two attached hydrogens (primary N) is 1. The van der Waals surface area contributed by atoms with Crippen molar-refractivity contribution in [3.8, 4) is 0 Å². The number of unbranched alkanes of at least 4 members (excludes halogenated alkanes) is 1. The first-order chi connectivity index (χ1) is 25.6. The van der Waals surface area contributed by atoms with Crippen molar-refractivity contribution in [2.24, 2.45) is 17.1 Å². The molecule has 2 aromatic carbocycles. The van der Waals surface area contributed by atoms with Crippen LogP contribution in [0.5, 0.6) is 0 Å². The number of hydrogen-bond acceptors (Lipinski definition) is 7. The molecule has 53 heavy (non-hydrogen) atoms. The fourth-order valence-electron chi connectivity index (χ4n) is 7.54. The molecule has 288 valence electrons. The number of piperidine rings is 1. The van der Waals surface area contributed by atoms with Gasteiger partial charge in [0.15, 0.2) is 0 Å². The molecule has 1 spiro atoms. The topological polar surface area (TPSA) is 166 Å². The summed E-state index contributed by atoms with van der Waals surface area (Å²) in [5.41, 5.74) is 7.90. The molecule has 6 N–H and O–H groups in total. The fraction of sp³-hybridized carbons (Fsp3) is 0.585. The Morgan fingerprint density at radius 2 is 1.43 bits per heavy atom. The summed E-state index contributed by atoms with van der Waals surface area (Å²) in [5, 5.41) is 12.1. The zero-order valence-electron chi connectivity index (χ0n) is 31.5. The monoisotopic (exact) mass is 729 g/mol. The second-order valence-corrected chi connectivity index (χ2v) is 15.5. The molecule has 3 aliphatic rings. The molecule has 2 heterocycles. The minimum absolute atomic E-state index is 0.0426. The molecule has 0 aromatic heterocycles. The molecule has 0 unspecified atom stereocenters. The van der Waals surface area contributed by atoms with Crippen molar-refractivity contribution in [2.45, 2.75) is 95.7 Å². The molecule has 12 nitrogen and oxygen atoms in total. The molecule has 1 aliphatic carbocycles. The minimum atomic E-state index is -0.902. The summed E-state index contributed by atoms with van der Waals surface area (Å²) in [7, 11) is 0. The lowest BCUT2D eigenvalue weighted by molar-refractivity contribution is -0.149. The van der Waals surface area contributed by atoms with Crippen molar-refractivity contribution in [3.05, 3.63) is 71.8 Å². The molecule has 2 aliphatic heterocycles. The lowest BCUT2D eigenvalue weighted by atomic mass is 9.72. The SMILES string of the molecule is CC(=O)N1CC2(CCN(C(=O)[C@@H](CCCCN)NC(=O)[C@@H](CC3CC3)NC(=O)[C@@H](Cc3ccccc3)NC(=O)CNC[C@H](C)c3ccccc3)CC2)C1. The molecule has 1 saturated carbocycles. The van der Waals surface area contributed by atoms with Gasteiger partial charge in [0.25, 0.3) is 0 Å². The number of nitrogens with zero attached hydrogens (tertiary/aromatic N) is 2. The smallest absolute Gasteiger partial charge is 0.245 e. The molecule has 3 fully saturated rings. The molecular weight excluding hydrogens is 670 g/mol. The van der Waals surface area contributed by atoms with Crippen molar-refractivity contribution in [2.75, 3.05) is 45.8 Å². The van der Waals surface area contributed by atoms with Gasteiger partial charge in [-0.05, 0) is 68.0 Å². The molecular formula is C41H59N7O5. The summed E-state index contributed by atoms with van der Waals surface area (Å²) in [4.78, 5) is 70.5. The summed E-state index contributed by atoms with van der Waals surface area (Å²) < 4.78 is 0. The lowest BCUT2D eigenvalue weighted by Gasteiger charge is -2.54. The minimum Gasteiger partial charge on any atom is -0.343 e. The Morgan fingerprint density at radius 1 is 0.811 bits per heavy atom. The first kappa shape index (κ1) is 39.9. The summed E-state index contributed by atoms with van der Waals surface area (Å²) in [6.07, 6.45) is 6.19. The maximum atomic E-state index is 14.0. The van der Waals surface area contributed by atoms with Crippen molar-refractivity contribution in [3.63, 3.8) is 0 Å². The van der Waals surface area contributed by atoms with E-state index in [0.29, 0.717) is 51.4 Å². The Morgan fingerprint density at radius 3 is 2.06 bits per heavy atom. The van der Waals surface area contributed by atoms with Gasteiger partial charge in [0.1, 0.15) is 18.1 Å². The van der Waals surface area contributed by atoms with Crippen LogP contribution >= 0.6 is 0 Å². The standard InChI is InChI=1S/C41H59N7O5/c1-29(33-13-7-4-8-14-33)25-43-26-37(50)44-35(23-31-11-5-3-6-12-31)38(51)46-36(24-32-16-17-32)39(52)45-34(15-9-10-20-42)40(53)47-21-18-41(19-22-47)27-48(28-41)30(2)49/h3-8,11-14,29,32,34-36,43H,9-10,15-28,42H2,1-2H3,(H,44,50)(H,45,52)(H,46,51)/t29-,34+,35+,36+/m0/s1. The summed E-state index contributed by atoms with van der Waals surface area (Å²) in [6.45, 7) is 7.44. The quantitative estimate of drug-likeness (QED) is 0.139. The molecule has 12 heteroatoms. The van der Waals surface area contributed by atoms with Crippen LogP contribution in [0.25, 0.3) is 0 Å². The number of rotatable bonds is 19. The predicted octanol–water partition coefficient (Wildman–Crippen LogP) is 2.48.